The Balaban J connectivity index is 0.000000404. The second kappa shape index (κ2) is 64.3. The molecule has 0 saturated carbocycles. The molecule has 10 nitrogen and oxygen atoms in total. The van der Waals surface area contributed by atoms with Crippen LogP contribution in [0, 0.1) is 29.1 Å². The van der Waals surface area contributed by atoms with Crippen molar-refractivity contribution in [2.45, 2.75) is 263 Å². The molecule has 15 aromatic rings. The van der Waals surface area contributed by atoms with Gasteiger partial charge in [0.25, 0.3) is 0 Å². The molecule has 0 aromatic heterocycles. The van der Waals surface area contributed by atoms with Crippen molar-refractivity contribution in [2.24, 2.45) is 29.1 Å². The zero-order valence-electron chi connectivity index (χ0n) is 88.5. The Kier molecular flexibility index (Phi) is 55.5. The van der Waals surface area contributed by atoms with Gasteiger partial charge in [0, 0.05) is 10.8 Å². The van der Waals surface area contributed by atoms with Crippen molar-refractivity contribution in [3.63, 3.8) is 0 Å². The van der Waals surface area contributed by atoms with Gasteiger partial charge in [0.05, 0.1) is 29.1 Å². The minimum atomic E-state index is -0.446. The number of ether oxygens (including phenoxy) is 5. The third-order valence-electron chi connectivity index (χ3n) is 23.7. The Hall–Kier alpha value is -12.8. The Morgan fingerprint density at radius 1 is 0.263 bits per heavy atom. The van der Waals surface area contributed by atoms with Gasteiger partial charge in [0.2, 0.25) is 0 Å². The average molecular weight is 1850 g/mol. The van der Waals surface area contributed by atoms with Crippen LogP contribution < -0.4 is 23.7 Å². The van der Waals surface area contributed by atoms with E-state index in [2.05, 4.69) is 156 Å². The molecule has 0 N–H and O–H groups in total. The third-order valence-corrected chi connectivity index (χ3v) is 23.7. The average Bonchev–Trinajstić information content (AvgIpc) is 1.65. The van der Waals surface area contributed by atoms with E-state index >= 15 is 0 Å². The van der Waals surface area contributed by atoms with Crippen LogP contribution >= 0.6 is 0 Å². The number of hydrogen-bond donors (Lipinski definition) is 0. The minimum Gasteiger partial charge on any atom is -0.426 e. The minimum absolute atomic E-state index is 0.0276. The predicted octanol–water partition coefficient (Wildman–Crippen LogP) is 37.3. The van der Waals surface area contributed by atoms with E-state index in [1.807, 2.05) is 367 Å². The molecule has 0 radical (unpaired) electrons. The molecule has 1 aliphatic rings. The van der Waals surface area contributed by atoms with Crippen molar-refractivity contribution in [3.8, 4) is 51.0 Å². The molecule has 15 aromatic carbocycles. The van der Waals surface area contributed by atoms with Crippen LogP contribution in [0.5, 0.6) is 28.7 Å². The van der Waals surface area contributed by atoms with Crippen molar-refractivity contribution < 1.29 is 47.7 Å². The summed E-state index contributed by atoms with van der Waals surface area (Å²) in [7, 11) is 0. The van der Waals surface area contributed by atoms with Crippen molar-refractivity contribution in [3.05, 3.63) is 344 Å². The van der Waals surface area contributed by atoms with Gasteiger partial charge in [-0.2, -0.15) is 0 Å². The van der Waals surface area contributed by atoms with E-state index in [4.69, 9.17) is 23.7 Å². The Morgan fingerprint density at radius 2 is 0.555 bits per heavy atom. The maximum atomic E-state index is 12.2. The van der Waals surface area contributed by atoms with Crippen LogP contribution in [-0.2, 0) is 29.4 Å². The van der Waals surface area contributed by atoms with Crippen LogP contribution in [0.15, 0.2) is 328 Å². The molecule has 1 aliphatic carbocycles. The highest BCUT2D eigenvalue weighted by Crippen LogP contribution is 2.46. The van der Waals surface area contributed by atoms with Gasteiger partial charge in [-0.05, 0) is 229 Å². The zero-order chi connectivity index (χ0) is 102. The SMILES string of the molecule is CC.CC.CC.CC.CC.CC.CC.CC1c2cccc3cccc(c23)C1C.CCC(C)(C)C(=O)Oc1ccc(-c2ccccc2)cc1.CCC(C)(C)c1ccc2cc3ccccc3cc2c1.CCC(C)C(=O)Oc1c2ccccc2cc2ccccc12.CCC(C)C(=O)Oc1ccc(-c2ccccc2)cc1.CCC(C)C(=O)Oc1ccc2ccccc2c1.CCC(C)C(=O)Oc1ccccc1. The number of para-hydroxylation sites is 1. The third kappa shape index (κ3) is 36.3. The van der Waals surface area contributed by atoms with E-state index in [0.29, 0.717) is 40.6 Å². The van der Waals surface area contributed by atoms with Gasteiger partial charge in [0.1, 0.15) is 28.7 Å². The maximum Gasteiger partial charge on any atom is 0.316 e. The first-order valence-corrected chi connectivity index (χ1v) is 50.6. The lowest BCUT2D eigenvalue weighted by Gasteiger charge is -2.23. The summed E-state index contributed by atoms with van der Waals surface area (Å²) in [4.78, 5) is 58.9. The lowest BCUT2D eigenvalue weighted by Crippen LogP contribution is -2.28. The van der Waals surface area contributed by atoms with Crippen molar-refractivity contribution in [1.82, 2.24) is 0 Å². The number of fused-ring (bicyclic) bond motifs is 5. The van der Waals surface area contributed by atoms with Gasteiger partial charge in [-0.15, -0.1) is 0 Å². The highest BCUT2D eigenvalue weighted by molar-refractivity contribution is 6.07. The lowest BCUT2D eigenvalue weighted by atomic mass is 9.81. The van der Waals surface area contributed by atoms with Crippen LogP contribution in [0.4, 0.5) is 0 Å². The molecule has 730 valence electrons. The monoisotopic (exact) mass is 1850 g/mol. The number of carbonyl (C=O) groups is 5. The molecule has 0 fully saturated rings. The molecule has 6 unspecified atom stereocenters. The molecule has 0 aliphatic heterocycles. The van der Waals surface area contributed by atoms with Gasteiger partial charge in [-0.1, -0.05) is 455 Å². The fourth-order valence-corrected chi connectivity index (χ4v) is 13.7. The fourth-order valence-electron chi connectivity index (χ4n) is 13.7. The van der Waals surface area contributed by atoms with Crippen molar-refractivity contribution >= 4 is 94.5 Å². The Labute approximate surface area is 824 Å². The molecule has 137 heavy (non-hydrogen) atoms. The molecule has 0 spiro atoms. The fraction of sp³-hybridized carbons (Fsp3) is 0.346. The molecule has 0 amide bonds. The first-order chi connectivity index (χ1) is 66.3. The summed E-state index contributed by atoms with van der Waals surface area (Å²) in [5, 5.41) is 14.6. The number of rotatable bonds is 19. The number of benzene rings is 15. The van der Waals surface area contributed by atoms with Gasteiger partial charge in [-0.3, -0.25) is 24.0 Å². The summed E-state index contributed by atoms with van der Waals surface area (Å²) in [5.74, 6) is 3.38. The van der Waals surface area contributed by atoms with E-state index in [0.717, 1.165) is 93.1 Å². The van der Waals surface area contributed by atoms with Crippen LogP contribution in [-0.4, -0.2) is 29.8 Å². The van der Waals surface area contributed by atoms with E-state index in [-0.39, 0.29) is 58.9 Å². The van der Waals surface area contributed by atoms with Crippen LogP contribution in [0.3, 0.4) is 0 Å². The summed E-state index contributed by atoms with van der Waals surface area (Å²) >= 11 is 0. The molecule has 0 heterocycles. The van der Waals surface area contributed by atoms with Crippen molar-refractivity contribution in [1.29, 1.82) is 0 Å². The van der Waals surface area contributed by atoms with Gasteiger partial charge in [-0.25, -0.2) is 0 Å². The number of hydrogen-bond acceptors (Lipinski definition) is 10. The van der Waals surface area contributed by atoms with Crippen LogP contribution in [0.2, 0.25) is 0 Å². The molecular weight excluding hydrogens is 1690 g/mol. The molecular formula is C127H162O10. The highest BCUT2D eigenvalue weighted by Gasteiger charge is 2.29. The number of esters is 5. The van der Waals surface area contributed by atoms with E-state index in [9.17, 15) is 24.0 Å². The summed E-state index contributed by atoms with van der Waals surface area (Å²) < 4.78 is 27.0. The summed E-state index contributed by atoms with van der Waals surface area (Å²) in [6.07, 6.45) is 5.10. The molecule has 0 bridgehead atoms. The first kappa shape index (κ1) is 118. The molecule has 0 saturated heterocycles. The lowest BCUT2D eigenvalue weighted by molar-refractivity contribution is -0.144. The molecule has 10 heteroatoms. The standard InChI is InChI=1S/C19H18O2.C19H20.C18H20O2.C17H18O2.C15H16O2.C14H14.C11H14O2.7C2H6/c1-3-13(2)19(20)21-18-16-10-6-4-8-14(16)12-15-9-5-7-11-17(15)18;1-4-19(2,3)18-10-9-16-11-14-7-5-6-8-15(14)12-17(16)13-18;1-4-18(2,3)17(19)20-16-12-10-15(11-13-16)14-8-6-5-7-9-14;1-3-13(2)17(18)19-16-11-9-15(10-12-16)14-7-5-4-6-8-14;1-3-11(2)15(16)17-14-9-8-12-6-4-5-7-13(12)10-14;1-9-10(2)13-8-4-6-11-5-3-7-12(9)14(11)13;1-3-9(2)11(12)13-10-7-5-4-6-8-10;7*1-2/h4-13H,3H2,1-2H3;5-13H,4H2,1-3H3;5-13H,4H2,1-3H3;4-13H,3H2,1-2H3;4-11H,3H2,1-2H3;3-10H,1-2H3;4-9H,3H2,1-2H3;7*1-2H3. The normalized spacial score (nSPS) is 12.4. The quantitative estimate of drug-likeness (QED) is 0.0438. The zero-order valence-corrected chi connectivity index (χ0v) is 88.5. The van der Waals surface area contributed by atoms with E-state index in [1.165, 1.54) is 49.0 Å². The molecule has 16 rings (SSSR count). The van der Waals surface area contributed by atoms with E-state index < -0.39 is 5.41 Å². The number of carbonyl (C=O) groups excluding carboxylic acids is 5. The van der Waals surface area contributed by atoms with Crippen LogP contribution in [0.25, 0.3) is 86.9 Å². The first-order valence-electron chi connectivity index (χ1n) is 50.6. The predicted molar refractivity (Wildman–Crippen MR) is 591 cm³/mol. The second-order valence-corrected chi connectivity index (χ2v) is 33.2. The largest absolute Gasteiger partial charge is 0.426 e. The van der Waals surface area contributed by atoms with Crippen molar-refractivity contribution in [2.75, 3.05) is 0 Å². The highest BCUT2D eigenvalue weighted by atomic mass is 16.6. The molecule has 6 atom stereocenters. The topological polar surface area (TPSA) is 132 Å². The summed E-state index contributed by atoms with van der Waals surface area (Å²) in [5.41, 5.74) is 8.83. The van der Waals surface area contributed by atoms with Gasteiger partial charge >= 0.3 is 29.8 Å². The Morgan fingerprint density at radius 3 is 0.949 bits per heavy atom. The summed E-state index contributed by atoms with van der Waals surface area (Å²) in [6.45, 7) is 60.8. The van der Waals surface area contributed by atoms with Gasteiger partial charge < -0.3 is 23.7 Å². The maximum absolute atomic E-state index is 12.2. The smallest absolute Gasteiger partial charge is 0.316 e. The van der Waals surface area contributed by atoms with E-state index in [1.54, 1.807) is 12.1 Å². The van der Waals surface area contributed by atoms with Crippen LogP contribution in [0.1, 0.15) is 275 Å². The second-order valence-electron chi connectivity index (χ2n) is 33.2. The summed E-state index contributed by atoms with van der Waals surface area (Å²) in [6, 6.07) is 110. The Bertz CT molecular complexity index is 5880. The van der Waals surface area contributed by atoms with Gasteiger partial charge in [0.15, 0.2) is 0 Å².